The number of benzene rings is 1. The number of rotatable bonds is 6. The predicted octanol–water partition coefficient (Wildman–Crippen LogP) is 2.44. The van der Waals surface area contributed by atoms with E-state index in [1.807, 2.05) is 13.8 Å². The maximum absolute atomic E-state index is 12.5. The van der Waals surface area contributed by atoms with Crippen LogP contribution in [0.1, 0.15) is 41.3 Å². The summed E-state index contributed by atoms with van der Waals surface area (Å²) in [6.07, 6.45) is 1.59. The van der Waals surface area contributed by atoms with Crippen molar-refractivity contribution in [3.63, 3.8) is 0 Å². The number of nitrogens with one attached hydrogen (secondary N) is 1. The van der Waals surface area contributed by atoms with E-state index in [1.165, 1.54) is 23.7 Å². The van der Waals surface area contributed by atoms with Gasteiger partial charge in [0.15, 0.2) is 0 Å². The molecule has 1 aromatic carbocycles. The van der Waals surface area contributed by atoms with Crippen LogP contribution in [0, 0.1) is 0 Å². The van der Waals surface area contributed by atoms with Crippen molar-refractivity contribution in [3.05, 3.63) is 46.5 Å². The topological polar surface area (TPSA) is 96.4 Å². The lowest BCUT2D eigenvalue weighted by Crippen LogP contribution is -2.24. The van der Waals surface area contributed by atoms with E-state index in [0.29, 0.717) is 5.56 Å². The van der Waals surface area contributed by atoms with Gasteiger partial charge in [0.2, 0.25) is 10.0 Å². The third-order valence-electron chi connectivity index (χ3n) is 3.12. The lowest BCUT2D eigenvalue weighted by atomic mass is 10.0. The van der Waals surface area contributed by atoms with Crippen LogP contribution in [0.25, 0.3) is 0 Å². The third kappa shape index (κ3) is 3.70. The van der Waals surface area contributed by atoms with Gasteiger partial charge >= 0.3 is 5.97 Å². The maximum Gasteiger partial charge on any atom is 0.335 e. The van der Waals surface area contributed by atoms with Crippen molar-refractivity contribution in [2.24, 2.45) is 0 Å². The van der Waals surface area contributed by atoms with Gasteiger partial charge in [0.1, 0.15) is 0 Å². The van der Waals surface area contributed by atoms with Crippen LogP contribution in [0.4, 0.5) is 0 Å². The van der Waals surface area contributed by atoms with Gasteiger partial charge in [-0.3, -0.25) is 0 Å². The fourth-order valence-electron chi connectivity index (χ4n) is 1.95. The average molecular weight is 340 g/mol. The van der Waals surface area contributed by atoms with E-state index in [-0.39, 0.29) is 22.9 Å². The van der Waals surface area contributed by atoms with Crippen molar-refractivity contribution in [1.82, 2.24) is 9.10 Å². The largest absolute Gasteiger partial charge is 0.478 e. The van der Waals surface area contributed by atoms with Gasteiger partial charge in [-0.05, 0) is 40.7 Å². The van der Waals surface area contributed by atoms with Gasteiger partial charge in [0, 0.05) is 18.1 Å². The second-order valence-corrected chi connectivity index (χ2v) is 7.46. The molecule has 0 saturated heterocycles. The quantitative estimate of drug-likeness (QED) is 0.842. The molecule has 0 unspecified atom stereocenters. The van der Waals surface area contributed by atoms with Crippen LogP contribution < -0.4 is 4.72 Å². The monoisotopic (exact) mass is 340 g/mol. The Hall–Kier alpha value is -1.77. The van der Waals surface area contributed by atoms with E-state index in [2.05, 4.69) is 9.10 Å². The number of aromatic nitrogens is 1. The number of nitrogens with zero attached hydrogens (tertiary/aromatic N) is 1. The first-order valence-electron chi connectivity index (χ1n) is 6.56. The van der Waals surface area contributed by atoms with E-state index in [1.54, 1.807) is 17.6 Å². The van der Waals surface area contributed by atoms with Crippen molar-refractivity contribution in [2.45, 2.75) is 31.2 Å². The Bertz CT molecular complexity index is 768. The minimum atomic E-state index is -3.80. The Balaban J connectivity index is 2.38. The molecule has 0 radical (unpaired) electrons. The van der Waals surface area contributed by atoms with Crippen molar-refractivity contribution < 1.29 is 18.3 Å². The highest BCUT2D eigenvalue weighted by Gasteiger charge is 2.22. The van der Waals surface area contributed by atoms with Gasteiger partial charge in [0.25, 0.3) is 0 Å². The van der Waals surface area contributed by atoms with Crippen LogP contribution in [0.15, 0.2) is 34.7 Å². The number of aromatic carboxylic acids is 1. The van der Waals surface area contributed by atoms with Gasteiger partial charge < -0.3 is 5.11 Å². The van der Waals surface area contributed by atoms with Crippen LogP contribution in [0.5, 0.6) is 0 Å². The average Bonchev–Trinajstić information content (AvgIpc) is 2.97. The summed E-state index contributed by atoms with van der Waals surface area (Å²) in [5.41, 5.74) is 1.29. The van der Waals surface area contributed by atoms with Crippen LogP contribution in [0.3, 0.4) is 0 Å². The van der Waals surface area contributed by atoms with Crippen LogP contribution in [-0.4, -0.2) is 23.9 Å². The molecule has 0 aliphatic heterocycles. The molecule has 2 N–H and O–H groups in total. The first-order valence-corrected chi connectivity index (χ1v) is 8.88. The van der Waals surface area contributed by atoms with Crippen LogP contribution >= 0.6 is 11.5 Å². The van der Waals surface area contributed by atoms with Crippen molar-refractivity contribution >= 4 is 27.5 Å². The molecular weight excluding hydrogens is 324 g/mol. The lowest BCUT2D eigenvalue weighted by Gasteiger charge is -2.14. The normalized spacial score (nSPS) is 11.8. The molecule has 0 spiro atoms. The molecule has 6 nitrogen and oxygen atoms in total. The van der Waals surface area contributed by atoms with E-state index < -0.39 is 16.0 Å². The Morgan fingerprint density at radius 3 is 2.68 bits per heavy atom. The van der Waals surface area contributed by atoms with Crippen LogP contribution in [0.2, 0.25) is 0 Å². The van der Waals surface area contributed by atoms with Crippen molar-refractivity contribution in [2.75, 3.05) is 0 Å². The second-order valence-electron chi connectivity index (χ2n) is 5.07. The van der Waals surface area contributed by atoms with Crippen molar-refractivity contribution in [1.29, 1.82) is 0 Å². The summed E-state index contributed by atoms with van der Waals surface area (Å²) in [4.78, 5) is 11.1. The summed E-state index contributed by atoms with van der Waals surface area (Å²) in [5, 5.41) is 10.8. The van der Waals surface area contributed by atoms with Gasteiger partial charge in [0.05, 0.1) is 10.5 Å². The first-order chi connectivity index (χ1) is 10.3. The third-order valence-corrected chi connectivity index (χ3v) is 5.21. The fraction of sp³-hybridized carbons (Fsp3) is 0.286. The molecule has 0 aliphatic carbocycles. The summed E-state index contributed by atoms with van der Waals surface area (Å²) < 4.78 is 31.4. The van der Waals surface area contributed by atoms with Gasteiger partial charge in [-0.25, -0.2) is 22.3 Å². The second kappa shape index (κ2) is 6.55. The molecule has 0 aliphatic rings. The lowest BCUT2D eigenvalue weighted by molar-refractivity contribution is 0.0696. The Kier molecular flexibility index (Phi) is 4.94. The van der Waals surface area contributed by atoms with E-state index in [4.69, 9.17) is 5.11 Å². The molecule has 1 heterocycles. The minimum absolute atomic E-state index is 0.00517. The molecular formula is C14H16N2O4S2. The highest BCUT2D eigenvalue weighted by molar-refractivity contribution is 7.89. The highest BCUT2D eigenvalue weighted by atomic mass is 32.2. The summed E-state index contributed by atoms with van der Waals surface area (Å²) in [6, 6.07) is 4.17. The maximum atomic E-state index is 12.5. The molecule has 2 aromatic rings. The molecule has 8 heteroatoms. The smallest absolute Gasteiger partial charge is 0.335 e. The molecule has 2 rings (SSSR count). The Morgan fingerprint density at radius 1 is 1.41 bits per heavy atom. The molecule has 0 fully saturated rings. The van der Waals surface area contributed by atoms with E-state index >= 15 is 0 Å². The molecule has 22 heavy (non-hydrogen) atoms. The number of sulfonamides is 1. The standard InChI is InChI=1S/C14H16N2O4S2/c1-9(2)12-4-3-11(14(17)18)5-13(12)22(19,20)16-7-10-6-15-21-8-10/h3-6,8-9,16H,7H2,1-2H3,(H,17,18). The molecule has 118 valence electrons. The summed E-state index contributed by atoms with van der Waals surface area (Å²) >= 11 is 1.24. The molecule has 0 amide bonds. The number of carboxylic acids is 1. The van der Waals surface area contributed by atoms with E-state index in [0.717, 1.165) is 5.56 Å². The Labute approximate surface area is 133 Å². The number of carbonyl (C=O) groups is 1. The highest BCUT2D eigenvalue weighted by Crippen LogP contribution is 2.25. The summed E-state index contributed by atoms with van der Waals surface area (Å²) in [5.74, 6) is -1.20. The number of hydrogen-bond acceptors (Lipinski definition) is 5. The van der Waals surface area contributed by atoms with Gasteiger partial charge in [-0.2, -0.15) is 0 Å². The predicted molar refractivity (Wildman–Crippen MR) is 83.6 cm³/mol. The SMILES string of the molecule is CC(C)c1ccc(C(=O)O)cc1S(=O)(=O)NCc1cnsc1. The zero-order valence-electron chi connectivity index (χ0n) is 12.1. The first kappa shape index (κ1) is 16.6. The molecule has 0 bridgehead atoms. The van der Waals surface area contributed by atoms with E-state index in [9.17, 15) is 13.2 Å². The summed E-state index contributed by atoms with van der Waals surface area (Å²) in [6.45, 7) is 3.84. The number of hydrogen-bond donors (Lipinski definition) is 2. The van der Waals surface area contributed by atoms with Gasteiger partial charge in [-0.15, -0.1) is 0 Å². The van der Waals surface area contributed by atoms with Crippen molar-refractivity contribution in [3.8, 4) is 0 Å². The van der Waals surface area contributed by atoms with Gasteiger partial charge in [-0.1, -0.05) is 19.9 Å². The zero-order valence-corrected chi connectivity index (χ0v) is 13.7. The molecule has 0 atom stereocenters. The molecule has 1 aromatic heterocycles. The minimum Gasteiger partial charge on any atom is -0.478 e. The Morgan fingerprint density at radius 2 is 2.14 bits per heavy atom. The summed E-state index contributed by atoms with van der Waals surface area (Å²) in [7, 11) is -3.80. The zero-order chi connectivity index (χ0) is 16.3. The number of carboxylic acid groups (broad SMARTS) is 1. The fourth-order valence-corrected chi connectivity index (χ4v) is 3.89. The van der Waals surface area contributed by atoms with Crippen LogP contribution in [-0.2, 0) is 16.6 Å². The molecule has 0 saturated carbocycles.